The van der Waals surface area contributed by atoms with Crippen molar-refractivity contribution in [3.05, 3.63) is 21.8 Å². The molecule has 3 rings (SSSR count). The minimum atomic E-state index is 0.738. The second-order valence-electron chi connectivity index (χ2n) is 4.03. The number of rotatable bonds is 0. The number of nitrogens with zero attached hydrogens (tertiary/aromatic N) is 1. The van der Waals surface area contributed by atoms with Gasteiger partial charge in [-0.2, -0.15) is 0 Å². The van der Waals surface area contributed by atoms with E-state index in [0.29, 0.717) is 0 Å². The van der Waals surface area contributed by atoms with Gasteiger partial charge in [-0.15, -0.1) is 0 Å². The van der Waals surface area contributed by atoms with Crippen LogP contribution in [-0.2, 0) is 0 Å². The first-order valence-electron chi connectivity index (χ1n) is 5.15. The number of nitrogens with one attached hydrogen (secondary N) is 1. The molecule has 2 aliphatic rings. The van der Waals surface area contributed by atoms with E-state index in [9.17, 15) is 0 Å². The van der Waals surface area contributed by atoms with E-state index in [0.717, 1.165) is 12.6 Å². The number of fused-ring (bicyclic) bond motifs is 3. The molecule has 74 valence electrons. The molecule has 1 atom stereocenters. The molecule has 1 fully saturated rings. The van der Waals surface area contributed by atoms with Crippen LogP contribution in [0.25, 0.3) is 0 Å². The van der Waals surface area contributed by atoms with Gasteiger partial charge in [0.05, 0.1) is 11.4 Å². The minimum Gasteiger partial charge on any atom is -0.381 e. The number of halogens is 1. The van der Waals surface area contributed by atoms with Crippen LogP contribution in [-0.4, -0.2) is 19.1 Å². The molecule has 1 unspecified atom stereocenters. The second kappa shape index (κ2) is 3.29. The summed E-state index contributed by atoms with van der Waals surface area (Å²) in [6.45, 7) is 2.35. The quantitative estimate of drug-likeness (QED) is 0.741. The molecule has 1 N–H and O–H groups in total. The number of hydrogen-bond donors (Lipinski definition) is 1. The Balaban J connectivity index is 2.05. The van der Waals surface area contributed by atoms with Gasteiger partial charge in [-0.05, 0) is 53.6 Å². The summed E-state index contributed by atoms with van der Waals surface area (Å²) in [6.07, 6.45) is 2.69. The molecule has 0 spiro atoms. The molecule has 2 heterocycles. The van der Waals surface area contributed by atoms with E-state index in [2.05, 4.69) is 51.0 Å². The lowest BCUT2D eigenvalue weighted by Gasteiger charge is -2.34. The standard InChI is InChI=1S/C11H13IN2/c12-8-3-4-11-10(6-8)13-7-9-2-1-5-14(9)11/h3-4,6,9,13H,1-2,5,7H2. The van der Waals surface area contributed by atoms with Crippen molar-refractivity contribution in [1.82, 2.24) is 0 Å². The Hall–Kier alpha value is -0.450. The number of hydrogen-bond acceptors (Lipinski definition) is 2. The van der Waals surface area contributed by atoms with Crippen molar-refractivity contribution in [2.75, 3.05) is 23.3 Å². The third-order valence-electron chi connectivity index (χ3n) is 3.17. The molecule has 1 saturated heterocycles. The van der Waals surface area contributed by atoms with Crippen molar-refractivity contribution in [3.63, 3.8) is 0 Å². The lowest BCUT2D eigenvalue weighted by atomic mass is 10.1. The molecular formula is C11H13IN2. The average molecular weight is 300 g/mol. The van der Waals surface area contributed by atoms with Gasteiger partial charge < -0.3 is 10.2 Å². The van der Waals surface area contributed by atoms with Crippen molar-refractivity contribution >= 4 is 34.0 Å². The highest BCUT2D eigenvalue weighted by Crippen LogP contribution is 2.36. The van der Waals surface area contributed by atoms with Crippen LogP contribution in [0.5, 0.6) is 0 Å². The smallest absolute Gasteiger partial charge is 0.0605 e. The molecule has 1 aromatic carbocycles. The first kappa shape index (κ1) is 8.83. The highest BCUT2D eigenvalue weighted by atomic mass is 127. The fraction of sp³-hybridized carbons (Fsp3) is 0.455. The fourth-order valence-corrected chi connectivity index (χ4v) is 2.98. The molecular weight excluding hydrogens is 287 g/mol. The largest absolute Gasteiger partial charge is 0.381 e. The van der Waals surface area contributed by atoms with E-state index in [-0.39, 0.29) is 0 Å². The Morgan fingerprint density at radius 1 is 1.43 bits per heavy atom. The lowest BCUT2D eigenvalue weighted by molar-refractivity contribution is 0.683. The van der Waals surface area contributed by atoms with Crippen LogP contribution in [0.1, 0.15) is 12.8 Å². The molecule has 2 aliphatic heterocycles. The van der Waals surface area contributed by atoms with Crippen LogP contribution in [0.15, 0.2) is 18.2 Å². The van der Waals surface area contributed by atoms with Crippen molar-refractivity contribution < 1.29 is 0 Å². The Bertz CT molecular complexity index is 364. The summed E-state index contributed by atoms with van der Waals surface area (Å²) in [7, 11) is 0. The van der Waals surface area contributed by atoms with E-state index in [1.54, 1.807) is 0 Å². The second-order valence-corrected chi connectivity index (χ2v) is 5.28. The summed E-state index contributed by atoms with van der Waals surface area (Å²) < 4.78 is 1.31. The molecule has 0 radical (unpaired) electrons. The monoisotopic (exact) mass is 300 g/mol. The van der Waals surface area contributed by atoms with Gasteiger partial charge in [-0.1, -0.05) is 0 Å². The summed E-state index contributed by atoms with van der Waals surface area (Å²) in [6, 6.07) is 7.43. The Morgan fingerprint density at radius 2 is 2.36 bits per heavy atom. The lowest BCUT2D eigenvalue weighted by Crippen LogP contribution is -2.39. The summed E-state index contributed by atoms with van der Waals surface area (Å²) in [5, 5.41) is 3.53. The van der Waals surface area contributed by atoms with Gasteiger partial charge >= 0.3 is 0 Å². The van der Waals surface area contributed by atoms with E-state index in [4.69, 9.17) is 0 Å². The molecule has 3 heteroatoms. The van der Waals surface area contributed by atoms with Gasteiger partial charge in [0.2, 0.25) is 0 Å². The van der Waals surface area contributed by atoms with Crippen LogP contribution < -0.4 is 10.2 Å². The van der Waals surface area contributed by atoms with Crippen molar-refractivity contribution in [2.24, 2.45) is 0 Å². The van der Waals surface area contributed by atoms with Crippen LogP contribution in [0.3, 0.4) is 0 Å². The highest BCUT2D eigenvalue weighted by Gasteiger charge is 2.29. The van der Waals surface area contributed by atoms with Gasteiger partial charge in [-0.25, -0.2) is 0 Å². The molecule has 0 amide bonds. The maximum atomic E-state index is 3.53. The van der Waals surface area contributed by atoms with Gasteiger partial charge in [-0.3, -0.25) is 0 Å². The van der Waals surface area contributed by atoms with Gasteiger partial charge in [0.1, 0.15) is 0 Å². The SMILES string of the molecule is Ic1ccc2c(c1)NCC1CCCN21. The zero-order valence-corrected chi connectivity index (χ0v) is 10.1. The summed E-state index contributed by atoms with van der Waals surface area (Å²) in [5.41, 5.74) is 2.72. The molecule has 0 bridgehead atoms. The number of benzene rings is 1. The topological polar surface area (TPSA) is 15.3 Å². The van der Waals surface area contributed by atoms with E-state index in [1.165, 1.54) is 34.3 Å². The molecule has 0 aromatic heterocycles. The molecule has 2 nitrogen and oxygen atoms in total. The summed E-state index contributed by atoms with van der Waals surface area (Å²) >= 11 is 2.37. The van der Waals surface area contributed by atoms with Crippen molar-refractivity contribution in [3.8, 4) is 0 Å². The van der Waals surface area contributed by atoms with Gasteiger partial charge in [0, 0.05) is 22.7 Å². The maximum Gasteiger partial charge on any atom is 0.0605 e. The summed E-state index contributed by atoms with van der Waals surface area (Å²) in [5.74, 6) is 0. The molecule has 0 saturated carbocycles. The molecule has 0 aliphatic carbocycles. The average Bonchev–Trinajstić information content (AvgIpc) is 2.65. The van der Waals surface area contributed by atoms with E-state index < -0.39 is 0 Å². The zero-order valence-electron chi connectivity index (χ0n) is 7.96. The van der Waals surface area contributed by atoms with Gasteiger partial charge in [0.15, 0.2) is 0 Å². The van der Waals surface area contributed by atoms with Crippen LogP contribution >= 0.6 is 22.6 Å². The van der Waals surface area contributed by atoms with E-state index >= 15 is 0 Å². The third kappa shape index (κ3) is 1.29. The van der Waals surface area contributed by atoms with Crippen molar-refractivity contribution in [1.29, 1.82) is 0 Å². The fourth-order valence-electron chi connectivity index (χ4n) is 2.49. The Kier molecular flexibility index (Phi) is 2.08. The molecule has 1 aromatic rings. The first-order chi connectivity index (χ1) is 6.84. The first-order valence-corrected chi connectivity index (χ1v) is 6.22. The predicted octanol–water partition coefficient (Wildman–Crippen LogP) is 2.69. The highest BCUT2D eigenvalue weighted by molar-refractivity contribution is 14.1. The Morgan fingerprint density at radius 3 is 3.29 bits per heavy atom. The van der Waals surface area contributed by atoms with Crippen LogP contribution in [0.4, 0.5) is 11.4 Å². The predicted molar refractivity (Wildman–Crippen MR) is 68.0 cm³/mol. The normalized spacial score (nSPS) is 24.1. The number of anilines is 2. The van der Waals surface area contributed by atoms with Crippen molar-refractivity contribution in [2.45, 2.75) is 18.9 Å². The summed E-state index contributed by atoms with van der Waals surface area (Å²) in [4.78, 5) is 2.56. The molecule has 14 heavy (non-hydrogen) atoms. The van der Waals surface area contributed by atoms with Crippen LogP contribution in [0.2, 0.25) is 0 Å². The van der Waals surface area contributed by atoms with Gasteiger partial charge in [0.25, 0.3) is 0 Å². The third-order valence-corrected chi connectivity index (χ3v) is 3.84. The zero-order chi connectivity index (χ0) is 9.54. The Labute approximate surface area is 97.8 Å². The van der Waals surface area contributed by atoms with Crippen LogP contribution in [0, 0.1) is 3.57 Å². The van der Waals surface area contributed by atoms with E-state index in [1.807, 2.05) is 0 Å². The maximum absolute atomic E-state index is 3.53. The minimum absolute atomic E-state index is 0.738.